The zero-order valence-corrected chi connectivity index (χ0v) is 14.0. The van der Waals surface area contributed by atoms with E-state index in [0.29, 0.717) is 5.56 Å². The highest BCUT2D eigenvalue weighted by Crippen LogP contribution is 2.29. The number of nitrogens with zero attached hydrogens (tertiary/aromatic N) is 4. The predicted molar refractivity (Wildman–Crippen MR) is 86.7 cm³/mol. The topological polar surface area (TPSA) is 142 Å². The standard InChI is InChI=1S/C14H13F2N5O6/c1-7-5-9(27-14(15)16)3-4-10(7)17-11(22)6-19-8(2)12(20(23)24)13(18-19)21(25)26/h3-5,14H,6H2,1-2H3,(H,17,22). The number of benzene rings is 1. The SMILES string of the molecule is Cc1cc(OC(F)F)ccc1NC(=O)Cn1nc([N+](=O)[O-])c([N+](=O)[O-])c1C. The molecule has 0 radical (unpaired) electrons. The third-order valence-corrected chi connectivity index (χ3v) is 3.50. The van der Waals surface area contributed by atoms with Crippen molar-refractivity contribution in [2.75, 3.05) is 5.32 Å². The number of ether oxygens (including phenoxy) is 1. The summed E-state index contributed by atoms with van der Waals surface area (Å²) in [5.74, 6) is -1.72. The molecule has 0 aliphatic rings. The van der Waals surface area contributed by atoms with Gasteiger partial charge in [0.25, 0.3) is 0 Å². The minimum absolute atomic E-state index is 0.0883. The van der Waals surface area contributed by atoms with Crippen molar-refractivity contribution in [3.05, 3.63) is 49.7 Å². The van der Waals surface area contributed by atoms with Gasteiger partial charge >= 0.3 is 18.1 Å². The minimum Gasteiger partial charge on any atom is -0.435 e. The second-order valence-electron chi connectivity index (χ2n) is 5.33. The molecule has 0 saturated carbocycles. The molecule has 0 saturated heterocycles. The van der Waals surface area contributed by atoms with E-state index in [1.807, 2.05) is 0 Å². The third-order valence-electron chi connectivity index (χ3n) is 3.50. The summed E-state index contributed by atoms with van der Waals surface area (Å²) in [7, 11) is 0. The lowest BCUT2D eigenvalue weighted by atomic mass is 10.2. The van der Waals surface area contributed by atoms with Crippen molar-refractivity contribution in [1.82, 2.24) is 9.78 Å². The maximum atomic E-state index is 12.2. The summed E-state index contributed by atoms with van der Waals surface area (Å²) < 4.78 is 29.5. The van der Waals surface area contributed by atoms with E-state index in [9.17, 15) is 33.8 Å². The van der Waals surface area contributed by atoms with Crippen molar-refractivity contribution in [3.63, 3.8) is 0 Å². The van der Waals surface area contributed by atoms with Gasteiger partial charge in [0.2, 0.25) is 5.91 Å². The summed E-state index contributed by atoms with van der Waals surface area (Å²) in [6, 6.07) is 3.85. The second kappa shape index (κ2) is 7.72. The lowest BCUT2D eigenvalue weighted by Gasteiger charge is -2.10. The van der Waals surface area contributed by atoms with Crippen LogP contribution in [0.3, 0.4) is 0 Å². The summed E-state index contributed by atoms with van der Waals surface area (Å²) in [5.41, 5.74) is -0.234. The van der Waals surface area contributed by atoms with Crippen molar-refractivity contribution in [2.45, 2.75) is 27.0 Å². The minimum atomic E-state index is -2.99. The van der Waals surface area contributed by atoms with Crippen LogP contribution in [-0.4, -0.2) is 32.1 Å². The van der Waals surface area contributed by atoms with Gasteiger partial charge < -0.3 is 20.2 Å². The van der Waals surface area contributed by atoms with E-state index in [0.717, 1.165) is 4.68 Å². The van der Waals surface area contributed by atoms with Gasteiger partial charge in [-0.05, 0) is 42.5 Å². The molecule has 1 aromatic carbocycles. The van der Waals surface area contributed by atoms with Crippen LogP contribution < -0.4 is 10.1 Å². The van der Waals surface area contributed by atoms with Crippen LogP contribution in [0.15, 0.2) is 18.2 Å². The number of aryl methyl sites for hydroxylation is 1. The Kier molecular flexibility index (Phi) is 5.63. The number of carbonyl (C=O) groups is 1. The lowest BCUT2D eigenvalue weighted by Crippen LogP contribution is -2.21. The Morgan fingerprint density at radius 3 is 2.44 bits per heavy atom. The van der Waals surface area contributed by atoms with E-state index >= 15 is 0 Å². The van der Waals surface area contributed by atoms with E-state index < -0.39 is 40.4 Å². The van der Waals surface area contributed by atoms with Crippen LogP contribution >= 0.6 is 0 Å². The fourth-order valence-electron chi connectivity index (χ4n) is 2.29. The summed E-state index contributed by atoms with van der Waals surface area (Å²) in [5, 5.41) is 27.8. The molecule has 0 bridgehead atoms. The van der Waals surface area contributed by atoms with Crippen LogP contribution in [0.1, 0.15) is 11.3 Å². The summed E-state index contributed by atoms with van der Waals surface area (Å²) in [4.78, 5) is 32.0. The van der Waals surface area contributed by atoms with Crippen molar-refractivity contribution in [3.8, 4) is 5.75 Å². The van der Waals surface area contributed by atoms with Crippen molar-refractivity contribution >= 4 is 23.1 Å². The molecule has 2 aromatic rings. The smallest absolute Gasteiger partial charge is 0.435 e. The average Bonchev–Trinajstić information content (AvgIpc) is 2.86. The number of anilines is 1. The zero-order chi connectivity index (χ0) is 20.3. The fourth-order valence-corrected chi connectivity index (χ4v) is 2.29. The highest BCUT2D eigenvalue weighted by atomic mass is 19.3. The van der Waals surface area contributed by atoms with Crippen LogP contribution in [0, 0.1) is 34.1 Å². The number of rotatable bonds is 7. The monoisotopic (exact) mass is 385 g/mol. The van der Waals surface area contributed by atoms with Gasteiger partial charge in [0.1, 0.15) is 18.0 Å². The van der Waals surface area contributed by atoms with E-state index in [1.54, 1.807) is 6.92 Å². The first-order valence-corrected chi connectivity index (χ1v) is 7.31. The molecule has 1 amide bonds. The number of hydrogen-bond donors (Lipinski definition) is 1. The molecule has 27 heavy (non-hydrogen) atoms. The van der Waals surface area contributed by atoms with Crippen molar-refractivity contribution < 1.29 is 28.2 Å². The highest BCUT2D eigenvalue weighted by molar-refractivity contribution is 5.91. The summed E-state index contributed by atoms with van der Waals surface area (Å²) >= 11 is 0. The molecule has 11 nitrogen and oxygen atoms in total. The zero-order valence-electron chi connectivity index (χ0n) is 14.0. The van der Waals surface area contributed by atoms with Crippen LogP contribution in [0.2, 0.25) is 0 Å². The molecule has 0 aliphatic carbocycles. The largest absolute Gasteiger partial charge is 0.468 e. The van der Waals surface area contributed by atoms with E-state index in [1.165, 1.54) is 25.1 Å². The molecule has 0 aliphatic heterocycles. The van der Waals surface area contributed by atoms with Gasteiger partial charge in [0.15, 0.2) is 0 Å². The van der Waals surface area contributed by atoms with Crippen LogP contribution in [-0.2, 0) is 11.3 Å². The molecule has 13 heteroatoms. The van der Waals surface area contributed by atoms with Gasteiger partial charge in [0, 0.05) is 5.69 Å². The first kappa shape index (κ1) is 19.7. The number of nitrogens with one attached hydrogen (secondary N) is 1. The van der Waals surface area contributed by atoms with E-state index in [2.05, 4.69) is 15.2 Å². The number of nitro groups is 2. The number of alkyl halides is 2. The molecule has 0 fully saturated rings. The van der Waals surface area contributed by atoms with Gasteiger partial charge in [0.05, 0.1) is 10.0 Å². The number of carbonyl (C=O) groups excluding carboxylic acids is 1. The number of halogens is 2. The quantitative estimate of drug-likeness (QED) is 0.570. The first-order valence-electron chi connectivity index (χ1n) is 7.31. The Morgan fingerprint density at radius 2 is 1.96 bits per heavy atom. The highest BCUT2D eigenvalue weighted by Gasteiger charge is 2.35. The molecule has 1 aromatic heterocycles. The molecule has 0 unspecified atom stereocenters. The van der Waals surface area contributed by atoms with Crippen LogP contribution in [0.4, 0.5) is 26.0 Å². The molecular formula is C14H13F2N5O6. The molecular weight excluding hydrogens is 372 g/mol. The maximum Gasteiger partial charge on any atom is 0.468 e. The molecule has 144 valence electrons. The van der Waals surface area contributed by atoms with Crippen molar-refractivity contribution in [2.24, 2.45) is 0 Å². The Morgan fingerprint density at radius 1 is 1.30 bits per heavy atom. The Balaban J connectivity index is 2.18. The average molecular weight is 385 g/mol. The predicted octanol–water partition coefficient (Wildman–Crippen LogP) is 2.56. The van der Waals surface area contributed by atoms with Gasteiger partial charge in [-0.2, -0.15) is 13.5 Å². The Bertz CT molecular complexity index is 914. The van der Waals surface area contributed by atoms with E-state index in [4.69, 9.17) is 0 Å². The Hall–Kier alpha value is -3.64. The van der Waals surface area contributed by atoms with Gasteiger partial charge in [-0.1, -0.05) is 0 Å². The van der Waals surface area contributed by atoms with Crippen LogP contribution in [0.5, 0.6) is 5.75 Å². The molecule has 0 atom stereocenters. The summed E-state index contributed by atoms with van der Waals surface area (Å²) in [6.45, 7) is -0.732. The second-order valence-corrected chi connectivity index (χ2v) is 5.33. The molecule has 1 heterocycles. The lowest BCUT2D eigenvalue weighted by molar-refractivity contribution is -0.424. The first-order chi connectivity index (χ1) is 12.6. The molecule has 1 N–H and O–H groups in total. The maximum absolute atomic E-state index is 12.2. The van der Waals surface area contributed by atoms with Crippen LogP contribution in [0.25, 0.3) is 0 Å². The van der Waals surface area contributed by atoms with Crippen molar-refractivity contribution in [1.29, 1.82) is 0 Å². The summed E-state index contributed by atoms with van der Waals surface area (Å²) in [6.07, 6.45) is 0. The Labute approximate surface area is 149 Å². The molecule has 2 rings (SSSR count). The number of amides is 1. The molecule has 0 spiro atoms. The fraction of sp³-hybridized carbons (Fsp3) is 0.286. The van der Waals surface area contributed by atoms with Gasteiger partial charge in [-0.25, -0.2) is 0 Å². The van der Waals surface area contributed by atoms with Gasteiger partial charge in [-0.15, -0.1) is 0 Å². The third kappa shape index (κ3) is 4.50. The number of hydrogen-bond acceptors (Lipinski definition) is 7. The van der Waals surface area contributed by atoms with E-state index in [-0.39, 0.29) is 17.1 Å². The number of aromatic nitrogens is 2. The normalized spacial score (nSPS) is 10.7. The van der Waals surface area contributed by atoms with Gasteiger partial charge in [-0.3, -0.25) is 14.9 Å².